The van der Waals surface area contributed by atoms with Gasteiger partial charge in [0.2, 0.25) is 0 Å². The minimum atomic E-state index is -0.228. The molecule has 0 saturated heterocycles. The fourth-order valence-electron chi connectivity index (χ4n) is 2.51. The summed E-state index contributed by atoms with van der Waals surface area (Å²) < 4.78 is 4.69. The Morgan fingerprint density at radius 2 is 1.78 bits per heavy atom. The van der Waals surface area contributed by atoms with Crippen molar-refractivity contribution in [3.8, 4) is 0 Å². The number of nitrogens with zero attached hydrogens (tertiary/aromatic N) is 1. The van der Waals surface area contributed by atoms with E-state index in [1.54, 1.807) is 23.0 Å². The molecule has 18 heavy (non-hydrogen) atoms. The molecule has 0 radical (unpaired) electrons. The molecule has 0 unspecified atom stereocenters. The molecule has 2 amide bonds. The van der Waals surface area contributed by atoms with Crippen molar-refractivity contribution < 1.29 is 17.4 Å². The summed E-state index contributed by atoms with van der Waals surface area (Å²) in [7, 11) is 0. The predicted molar refractivity (Wildman–Crippen MR) is 71.4 cm³/mol. The average Bonchev–Trinajstić information content (AvgIpc) is 2.70. The van der Waals surface area contributed by atoms with E-state index in [1.165, 1.54) is 17.1 Å². The van der Waals surface area contributed by atoms with Gasteiger partial charge in [-0.15, -0.1) is 0 Å². The number of amides is 2. The summed E-state index contributed by atoms with van der Waals surface area (Å²) in [6, 6.07) is 0. The second kappa shape index (κ2) is 5.81. The topological polar surface area (TPSA) is 63.7 Å². The Bertz CT molecular complexity index is 381. The molecule has 1 saturated carbocycles. The fraction of sp³-hybridized carbons (Fsp3) is 0.583. The van der Waals surface area contributed by atoms with Crippen LogP contribution in [0.3, 0.4) is 0 Å². The summed E-state index contributed by atoms with van der Waals surface area (Å²) >= 11 is 1.61. The molecule has 0 N–H and O–H groups in total. The molecule has 1 aliphatic carbocycles. The van der Waals surface area contributed by atoms with Crippen molar-refractivity contribution >= 4 is 40.8 Å². The standard InChI is InChI=1S/C12H14INO4/c13-18-12(17)9-3-1-8(2-4-9)7-14-10(15)5-6-11(14)16/h5-6,8-9H,1-4,7H2. The molecule has 0 atom stereocenters. The Hall–Kier alpha value is -0.920. The van der Waals surface area contributed by atoms with Crippen LogP contribution in [-0.2, 0) is 17.4 Å². The predicted octanol–water partition coefficient (Wildman–Crippen LogP) is 1.61. The van der Waals surface area contributed by atoms with Crippen molar-refractivity contribution in [2.45, 2.75) is 25.7 Å². The first-order chi connectivity index (χ1) is 8.61. The summed E-state index contributed by atoms with van der Waals surface area (Å²) in [5.41, 5.74) is 0. The van der Waals surface area contributed by atoms with E-state index in [-0.39, 0.29) is 23.7 Å². The van der Waals surface area contributed by atoms with Crippen molar-refractivity contribution in [2.24, 2.45) is 11.8 Å². The van der Waals surface area contributed by atoms with Gasteiger partial charge in [-0.3, -0.25) is 19.3 Å². The van der Waals surface area contributed by atoms with E-state index >= 15 is 0 Å². The highest BCUT2D eigenvalue weighted by Crippen LogP contribution is 2.31. The van der Waals surface area contributed by atoms with Crippen LogP contribution in [0.1, 0.15) is 25.7 Å². The smallest absolute Gasteiger partial charge is 0.318 e. The maximum Gasteiger partial charge on any atom is 0.318 e. The fourth-order valence-corrected chi connectivity index (χ4v) is 2.87. The lowest BCUT2D eigenvalue weighted by atomic mass is 9.82. The minimum absolute atomic E-state index is 0.0266. The third-order valence-electron chi connectivity index (χ3n) is 3.60. The normalized spacial score (nSPS) is 27.7. The number of rotatable bonds is 3. The van der Waals surface area contributed by atoms with Gasteiger partial charge in [0, 0.05) is 18.7 Å². The second-order valence-corrected chi connectivity index (χ2v) is 5.17. The van der Waals surface area contributed by atoms with E-state index in [9.17, 15) is 14.4 Å². The highest BCUT2D eigenvalue weighted by Gasteiger charge is 2.31. The number of hydrogen-bond acceptors (Lipinski definition) is 4. The first kappa shape index (κ1) is 13.5. The monoisotopic (exact) mass is 363 g/mol. The van der Waals surface area contributed by atoms with Crippen LogP contribution in [0.25, 0.3) is 0 Å². The van der Waals surface area contributed by atoms with Crippen molar-refractivity contribution in [1.29, 1.82) is 0 Å². The summed E-state index contributed by atoms with van der Waals surface area (Å²) in [5, 5.41) is 0. The molecule has 1 aliphatic heterocycles. The van der Waals surface area contributed by atoms with Gasteiger partial charge in [0.15, 0.2) is 23.0 Å². The van der Waals surface area contributed by atoms with Crippen LogP contribution in [0.2, 0.25) is 0 Å². The zero-order chi connectivity index (χ0) is 13.1. The molecule has 0 spiro atoms. The molecule has 0 aromatic rings. The molecular weight excluding hydrogens is 349 g/mol. The molecule has 0 aromatic carbocycles. The maximum atomic E-state index is 11.4. The zero-order valence-corrected chi connectivity index (χ0v) is 12.0. The molecule has 6 heteroatoms. The Labute approximate surface area is 119 Å². The van der Waals surface area contributed by atoms with Crippen LogP contribution >= 0.6 is 23.0 Å². The SMILES string of the molecule is O=C(OI)C1CCC(CN2C(=O)C=CC2=O)CC1. The van der Waals surface area contributed by atoms with E-state index in [2.05, 4.69) is 0 Å². The number of carbonyl (C=O) groups excluding carboxylic acids is 3. The van der Waals surface area contributed by atoms with Crippen LogP contribution in [0.15, 0.2) is 12.2 Å². The number of halogens is 1. The van der Waals surface area contributed by atoms with Gasteiger partial charge < -0.3 is 3.07 Å². The van der Waals surface area contributed by atoms with E-state index in [1.807, 2.05) is 0 Å². The molecule has 2 aliphatic rings. The Morgan fingerprint density at radius 3 is 2.28 bits per heavy atom. The quantitative estimate of drug-likeness (QED) is 0.565. The van der Waals surface area contributed by atoms with E-state index in [0.717, 1.165) is 25.7 Å². The van der Waals surface area contributed by atoms with Gasteiger partial charge in [0.25, 0.3) is 11.8 Å². The van der Waals surface area contributed by atoms with Crippen LogP contribution in [0, 0.1) is 11.8 Å². The van der Waals surface area contributed by atoms with Gasteiger partial charge in [0.1, 0.15) is 0 Å². The van der Waals surface area contributed by atoms with Crippen LogP contribution in [0.4, 0.5) is 0 Å². The van der Waals surface area contributed by atoms with Crippen LogP contribution in [0.5, 0.6) is 0 Å². The van der Waals surface area contributed by atoms with E-state index in [4.69, 9.17) is 3.07 Å². The van der Waals surface area contributed by atoms with Crippen molar-refractivity contribution in [3.63, 3.8) is 0 Å². The first-order valence-electron chi connectivity index (χ1n) is 5.97. The van der Waals surface area contributed by atoms with Crippen LogP contribution in [-0.4, -0.2) is 29.2 Å². The lowest BCUT2D eigenvalue weighted by molar-refractivity contribution is -0.140. The van der Waals surface area contributed by atoms with Gasteiger partial charge in [-0.05, 0) is 31.6 Å². The van der Waals surface area contributed by atoms with Crippen molar-refractivity contribution in [3.05, 3.63) is 12.2 Å². The zero-order valence-electron chi connectivity index (χ0n) is 9.80. The Morgan fingerprint density at radius 1 is 1.22 bits per heavy atom. The average molecular weight is 363 g/mol. The number of imide groups is 1. The lowest BCUT2D eigenvalue weighted by Crippen LogP contribution is -2.36. The molecule has 0 aromatic heterocycles. The van der Waals surface area contributed by atoms with Crippen molar-refractivity contribution in [1.82, 2.24) is 4.90 Å². The first-order valence-corrected chi connectivity index (χ1v) is 6.86. The molecule has 1 fully saturated rings. The summed E-state index contributed by atoms with van der Waals surface area (Å²) in [5.74, 6) is -0.344. The summed E-state index contributed by atoms with van der Waals surface area (Å²) in [6.07, 6.45) is 5.87. The van der Waals surface area contributed by atoms with E-state index < -0.39 is 0 Å². The molecule has 0 bridgehead atoms. The lowest BCUT2D eigenvalue weighted by Gasteiger charge is -2.29. The van der Waals surface area contributed by atoms with Gasteiger partial charge >= 0.3 is 5.97 Å². The highest BCUT2D eigenvalue weighted by molar-refractivity contribution is 14.1. The largest absolute Gasteiger partial charge is 0.394 e. The minimum Gasteiger partial charge on any atom is -0.394 e. The second-order valence-electron chi connectivity index (χ2n) is 4.73. The van der Waals surface area contributed by atoms with Gasteiger partial charge in [-0.2, -0.15) is 0 Å². The summed E-state index contributed by atoms with van der Waals surface area (Å²) in [6.45, 7) is 0.469. The van der Waals surface area contributed by atoms with E-state index in [0.29, 0.717) is 12.5 Å². The van der Waals surface area contributed by atoms with Crippen molar-refractivity contribution in [2.75, 3.05) is 6.54 Å². The molecular formula is C12H14INO4. The Balaban J connectivity index is 1.82. The number of hydrogen-bond donors (Lipinski definition) is 0. The molecule has 2 rings (SSSR count). The number of carbonyl (C=O) groups is 3. The Kier molecular flexibility index (Phi) is 4.36. The van der Waals surface area contributed by atoms with Crippen LogP contribution < -0.4 is 0 Å². The van der Waals surface area contributed by atoms with Gasteiger partial charge in [-0.25, -0.2) is 0 Å². The highest BCUT2D eigenvalue weighted by atomic mass is 127. The third-order valence-corrected chi connectivity index (χ3v) is 4.03. The molecule has 1 heterocycles. The third kappa shape index (κ3) is 2.90. The van der Waals surface area contributed by atoms with Gasteiger partial charge in [-0.1, -0.05) is 0 Å². The molecule has 98 valence electrons. The van der Waals surface area contributed by atoms with Gasteiger partial charge in [0.05, 0.1) is 5.92 Å². The maximum absolute atomic E-state index is 11.4. The molecule has 5 nitrogen and oxygen atoms in total. The summed E-state index contributed by atoms with van der Waals surface area (Å²) in [4.78, 5) is 35.5.